The lowest BCUT2D eigenvalue weighted by Crippen LogP contribution is -2.59. The molecule has 2 heteroatoms. The molecule has 0 radical (unpaired) electrons. The monoisotopic (exact) mass is 478 g/mol. The summed E-state index contributed by atoms with van der Waals surface area (Å²) in [5.41, 5.74) is 1.13. The highest BCUT2D eigenvalue weighted by atomic mass is 79.9. The highest BCUT2D eigenvalue weighted by molar-refractivity contribution is 9.10. The van der Waals surface area contributed by atoms with Crippen LogP contribution in [-0.4, -0.2) is 10.6 Å². The van der Waals surface area contributed by atoms with Crippen LogP contribution < -0.4 is 0 Å². The normalized spacial score (nSPS) is 49.5. The van der Waals surface area contributed by atoms with Gasteiger partial charge < -0.3 is 0 Å². The molecule has 0 aromatic rings. The van der Waals surface area contributed by atoms with Crippen LogP contribution in [0.15, 0.2) is 0 Å². The van der Waals surface area contributed by atoms with E-state index < -0.39 is 0 Å². The van der Waals surface area contributed by atoms with Gasteiger partial charge in [0.2, 0.25) is 0 Å². The summed E-state index contributed by atoms with van der Waals surface area (Å²) in [6.07, 6.45) is 14.6. The van der Waals surface area contributed by atoms with Crippen molar-refractivity contribution in [1.82, 2.24) is 0 Å². The Hall–Kier alpha value is 0.150. The van der Waals surface area contributed by atoms with Gasteiger partial charge in [0.1, 0.15) is 5.78 Å². The number of carbonyl (C=O) groups is 1. The molecule has 1 nitrogen and oxygen atoms in total. The summed E-state index contributed by atoms with van der Waals surface area (Å²) < 4.78 is 0. The van der Waals surface area contributed by atoms with Gasteiger partial charge in [-0.15, -0.1) is 0 Å². The number of carbonyl (C=O) groups excluding carboxylic acids is 1. The van der Waals surface area contributed by atoms with Gasteiger partial charge in [0.05, 0.1) is 4.83 Å². The van der Waals surface area contributed by atoms with Crippen molar-refractivity contribution in [3.8, 4) is 0 Å². The molecule has 0 aromatic heterocycles. The molecule has 0 aromatic carbocycles. The molecule has 0 saturated heterocycles. The largest absolute Gasteiger partial charge is 0.298 e. The molecule has 4 fully saturated rings. The first-order chi connectivity index (χ1) is 14.0. The fourth-order valence-electron chi connectivity index (χ4n) is 9.39. The molecule has 4 saturated carbocycles. The second kappa shape index (κ2) is 8.18. The number of rotatable bonds is 5. The molecule has 0 aliphatic heterocycles. The average molecular weight is 480 g/mol. The van der Waals surface area contributed by atoms with Crippen LogP contribution in [0.2, 0.25) is 0 Å². The smallest absolute Gasteiger partial charge is 0.147 e. The lowest BCUT2D eigenvalue weighted by Gasteiger charge is -2.65. The minimum absolute atomic E-state index is 0.0972. The minimum Gasteiger partial charge on any atom is -0.298 e. The number of hydrogen-bond acceptors (Lipinski definition) is 1. The van der Waals surface area contributed by atoms with Gasteiger partial charge in [-0.3, -0.25) is 4.79 Å². The van der Waals surface area contributed by atoms with E-state index in [-0.39, 0.29) is 10.2 Å². The fraction of sp³-hybridized carbons (Fsp3) is 0.964. The first-order valence-corrected chi connectivity index (χ1v) is 14.1. The lowest BCUT2D eigenvalue weighted by atomic mass is 9.40. The molecule has 0 bridgehead atoms. The Morgan fingerprint density at radius 2 is 1.70 bits per heavy atom. The van der Waals surface area contributed by atoms with Crippen LogP contribution in [-0.2, 0) is 4.79 Å². The molecule has 9 atom stereocenters. The molecular weight excluding hydrogens is 432 g/mol. The van der Waals surface area contributed by atoms with E-state index in [2.05, 4.69) is 57.5 Å². The zero-order chi connectivity index (χ0) is 21.9. The summed E-state index contributed by atoms with van der Waals surface area (Å²) in [6, 6.07) is 0. The molecule has 0 spiro atoms. The Bertz CT molecular complexity index is 657. The van der Waals surface area contributed by atoms with Gasteiger partial charge in [-0.05, 0) is 96.7 Å². The quantitative estimate of drug-likeness (QED) is 0.362. The number of ketones is 1. The standard InChI is InChI=1S/C28H47BrO/c1-18(2)8-7-9-19(3)21-10-11-22-20-12-14-26(4)17-25(30)24(29)16-28(26,6)23(20)13-15-27(21,22)5/h18-24H,7-17H2,1-6H3/t19?,20?,21?,22?,23?,24-,26+,27?,28?/m1/s1. The maximum Gasteiger partial charge on any atom is 0.147 e. The van der Waals surface area contributed by atoms with Crippen LogP contribution in [0.4, 0.5) is 0 Å². The van der Waals surface area contributed by atoms with E-state index in [0.29, 0.717) is 16.6 Å². The van der Waals surface area contributed by atoms with E-state index in [1.54, 1.807) is 0 Å². The molecular formula is C28H47BrO. The van der Waals surface area contributed by atoms with Crippen LogP contribution in [0.3, 0.4) is 0 Å². The van der Waals surface area contributed by atoms with Crippen LogP contribution in [0.5, 0.6) is 0 Å². The van der Waals surface area contributed by atoms with Crippen LogP contribution in [0.25, 0.3) is 0 Å². The number of fused-ring (bicyclic) bond motifs is 5. The summed E-state index contributed by atoms with van der Waals surface area (Å²) in [5, 5.41) is 0. The van der Waals surface area contributed by atoms with E-state index in [0.717, 1.165) is 48.3 Å². The van der Waals surface area contributed by atoms with Crippen molar-refractivity contribution in [1.29, 1.82) is 0 Å². The van der Waals surface area contributed by atoms with E-state index in [1.165, 1.54) is 57.8 Å². The van der Waals surface area contributed by atoms with Crippen molar-refractivity contribution in [2.45, 2.75) is 117 Å². The van der Waals surface area contributed by atoms with Gasteiger partial charge in [-0.2, -0.15) is 0 Å². The van der Waals surface area contributed by atoms with Crippen LogP contribution in [0, 0.1) is 51.8 Å². The third-order valence-corrected chi connectivity index (χ3v) is 12.2. The Balaban J connectivity index is 1.52. The summed E-state index contributed by atoms with van der Waals surface area (Å²) in [5.74, 6) is 5.80. The molecule has 4 rings (SSSR count). The predicted octanol–water partition coefficient (Wildman–Crippen LogP) is 8.44. The molecule has 0 heterocycles. The molecule has 0 N–H and O–H groups in total. The van der Waals surface area contributed by atoms with Gasteiger partial charge in [0.25, 0.3) is 0 Å². The summed E-state index contributed by atoms with van der Waals surface area (Å²) >= 11 is 3.77. The first kappa shape index (κ1) is 23.3. The van der Waals surface area contributed by atoms with Crippen LogP contribution in [0.1, 0.15) is 112 Å². The van der Waals surface area contributed by atoms with E-state index in [4.69, 9.17) is 0 Å². The second-order valence-electron chi connectivity index (χ2n) is 13.2. The summed E-state index contributed by atoms with van der Waals surface area (Å²) in [7, 11) is 0. The zero-order valence-corrected chi connectivity index (χ0v) is 22.2. The zero-order valence-electron chi connectivity index (χ0n) is 20.6. The second-order valence-corrected chi connectivity index (χ2v) is 14.3. The van der Waals surface area contributed by atoms with Gasteiger partial charge in [-0.1, -0.05) is 76.7 Å². The maximum atomic E-state index is 12.6. The Morgan fingerprint density at radius 1 is 0.967 bits per heavy atom. The molecule has 172 valence electrons. The minimum atomic E-state index is 0.0972. The van der Waals surface area contributed by atoms with Crippen molar-refractivity contribution < 1.29 is 4.79 Å². The highest BCUT2D eigenvalue weighted by Crippen LogP contribution is 2.71. The molecule has 7 unspecified atom stereocenters. The number of alkyl halides is 1. The fourth-order valence-corrected chi connectivity index (χ4v) is 10.2. The third kappa shape index (κ3) is 3.58. The van der Waals surface area contributed by atoms with Crippen LogP contribution >= 0.6 is 15.9 Å². The SMILES string of the molecule is CC(C)CCCC(C)C1CCC2C3CC[C@@]4(C)CC(=O)[C@H](Br)CC4(C)C3CCC12C. The molecule has 4 aliphatic carbocycles. The highest BCUT2D eigenvalue weighted by Gasteiger charge is 2.64. The van der Waals surface area contributed by atoms with E-state index in [9.17, 15) is 4.79 Å². The van der Waals surface area contributed by atoms with Crippen molar-refractivity contribution in [2.75, 3.05) is 0 Å². The molecule has 0 amide bonds. The average Bonchev–Trinajstić information content (AvgIpc) is 3.01. The van der Waals surface area contributed by atoms with Gasteiger partial charge in [0, 0.05) is 6.42 Å². The van der Waals surface area contributed by atoms with Gasteiger partial charge in [-0.25, -0.2) is 0 Å². The first-order valence-electron chi connectivity index (χ1n) is 13.2. The van der Waals surface area contributed by atoms with Gasteiger partial charge >= 0.3 is 0 Å². The third-order valence-electron chi connectivity index (χ3n) is 11.4. The topological polar surface area (TPSA) is 17.1 Å². The van der Waals surface area contributed by atoms with Crippen molar-refractivity contribution >= 4 is 21.7 Å². The number of Topliss-reactive ketones (excluding diaryl/α,β-unsaturated/α-hetero) is 1. The van der Waals surface area contributed by atoms with Crippen molar-refractivity contribution in [2.24, 2.45) is 51.8 Å². The number of hydrogen-bond donors (Lipinski definition) is 0. The van der Waals surface area contributed by atoms with E-state index >= 15 is 0 Å². The predicted molar refractivity (Wildman–Crippen MR) is 131 cm³/mol. The van der Waals surface area contributed by atoms with Crippen molar-refractivity contribution in [3.05, 3.63) is 0 Å². The molecule has 30 heavy (non-hydrogen) atoms. The maximum absolute atomic E-state index is 12.6. The Labute approximate surface area is 195 Å². The summed E-state index contributed by atoms with van der Waals surface area (Å²) in [4.78, 5) is 12.7. The molecule has 4 aliphatic rings. The summed E-state index contributed by atoms with van der Waals surface area (Å²) in [6.45, 7) is 15.0. The van der Waals surface area contributed by atoms with Crippen molar-refractivity contribution in [3.63, 3.8) is 0 Å². The Morgan fingerprint density at radius 3 is 2.40 bits per heavy atom. The van der Waals surface area contributed by atoms with E-state index in [1.807, 2.05) is 0 Å². The Kier molecular flexibility index (Phi) is 6.35. The lowest BCUT2D eigenvalue weighted by molar-refractivity contribution is -0.162. The number of halogens is 1. The van der Waals surface area contributed by atoms with Gasteiger partial charge in [0.15, 0.2) is 0 Å².